The van der Waals surface area contributed by atoms with Gasteiger partial charge < -0.3 is 16.2 Å². The van der Waals surface area contributed by atoms with E-state index < -0.39 is 6.10 Å². The Kier molecular flexibility index (Phi) is 5.45. The number of hydrogen-bond donors (Lipinski definition) is 3. The summed E-state index contributed by atoms with van der Waals surface area (Å²) in [4.78, 5) is 11.3. The number of hydrogen-bond acceptors (Lipinski definition) is 3. The topological polar surface area (TPSA) is 75.3 Å². The summed E-state index contributed by atoms with van der Waals surface area (Å²) in [5, 5.41) is 12.0. The summed E-state index contributed by atoms with van der Waals surface area (Å²) < 4.78 is 0.991. The predicted molar refractivity (Wildman–Crippen MR) is 65.7 cm³/mol. The lowest BCUT2D eigenvalue weighted by atomic mass is 10.2. The zero-order valence-corrected chi connectivity index (χ0v) is 10.4. The Labute approximate surface area is 103 Å². The minimum Gasteiger partial charge on any atom is -0.383 e. The normalized spacial score (nSPS) is 12.2. The molecule has 0 radical (unpaired) electrons. The van der Waals surface area contributed by atoms with Crippen molar-refractivity contribution in [1.82, 2.24) is 5.32 Å². The van der Waals surface area contributed by atoms with E-state index in [0.717, 1.165) is 10.0 Å². The fraction of sp³-hybridized carbons (Fsp3) is 0.364. The van der Waals surface area contributed by atoms with Crippen LogP contribution in [0.15, 0.2) is 28.7 Å². The van der Waals surface area contributed by atoms with E-state index >= 15 is 0 Å². The standard InChI is InChI=1S/C11H15BrN2O2/c12-9-3-1-8(2-4-9)7-14-11(16)10(15)5-6-13/h1-4,10,15H,5-7,13H2,(H,14,16). The summed E-state index contributed by atoms with van der Waals surface area (Å²) in [7, 11) is 0. The molecule has 1 aromatic rings. The highest BCUT2D eigenvalue weighted by Crippen LogP contribution is 2.10. The van der Waals surface area contributed by atoms with Gasteiger partial charge in [-0.15, -0.1) is 0 Å². The van der Waals surface area contributed by atoms with Crippen molar-refractivity contribution < 1.29 is 9.90 Å². The molecule has 4 nitrogen and oxygen atoms in total. The first-order chi connectivity index (χ1) is 7.63. The average Bonchev–Trinajstić information content (AvgIpc) is 2.28. The van der Waals surface area contributed by atoms with Crippen LogP contribution in [0.5, 0.6) is 0 Å². The molecular weight excluding hydrogens is 272 g/mol. The van der Waals surface area contributed by atoms with Crippen LogP contribution in [0.25, 0.3) is 0 Å². The maximum absolute atomic E-state index is 11.3. The number of amides is 1. The number of benzene rings is 1. The Morgan fingerprint density at radius 3 is 2.62 bits per heavy atom. The van der Waals surface area contributed by atoms with Crippen LogP contribution in [0, 0.1) is 0 Å². The molecule has 1 aromatic carbocycles. The van der Waals surface area contributed by atoms with E-state index in [0.29, 0.717) is 13.1 Å². The molecule has 0 aliphatic rings. The first-order valence-electron chi connectivity index (χ1n) is 5.03. The van der Waals surface area contributed by atoms with Gasteiger partial charge in [0.05, 0.1) is 0 Å². The third-order valence-corrected chi connectivity index (χ3v) is 2.65. The summed E-state index contributed by atoms with van der Waals surface area (Å²) in [5.41, 5.74) is 6.23. The molecule has 0 heterocycles. The smallest absolute Gasteiger partial charge is 0.249 e. The summed E-state index contributed by atoms with van der Waals surface area (Å²) in [6.45, 7) is 0.709. The Balaban J connectivity index is 2.39. The van der Waals surface area contributed by atoms with Gasteiger partial charge in [0.1, 0.15) is 6.10 Å². The van der Waals surface area contributed by atoms with Crippen LogP contribution >= 0.6 is 15.9 Å². The lowest BCUT2D eigenvalue weighted by molar-refractivity contribution is -0.129. The fourth-order valence-corrected chi connectivity index (χ4v) is 1.46. The summed E-state index contributed by atoms with van der Waals surface area (Å²) in [6, 6.07) is 7.61. The van der Waals surface area contributed by atoms with Crippen molar-refractivity contribution in [2.75, 3.05) is 6.54 Å². The van der Waals surface area contributed by atoms with E-state index in [1.54, 1.807) is 0 Å². The number of carbonyl (C=O) groups is 1. The van der Waals surface area contributed by atoms with Gasteiger partial charge in [-0.05, 0) is 30.7 Å². The molecule has 0 aliphatic heterocycles. The zero-order chi connectivity index (χ0) is 12.0. The van der Waals surface area contributed by atoms with Gasteiger partial charge in [-0.25, -0.2) is 0 Å². The molecule has 0 saturated carbocycles. The maximum Gasteiger partial charge on any atom is 0.249 e. The monoisotopic (exact) mass is 286 g/mol. The van der Waals surface area contributed by atoms with Crippen LogP contribution in [0.4, 0.5) is 0 Å². The molecule has 0 bridgehead atoms. The second-order valence-corrected chi connectivity index (χ2v) is 4.35. The zero-order valence-electron chi connectivity index (χ0n) is 8.82. The Bertz CT molecular complexity index is 340. The first-order valence-corrected chi connectivity index (χ1v) is 5.83. The van der Waals surface area contributed by atoms with E-state index in [9.17, 15) is 9.90 Å². The van der Waals surface area contributed by atoms with Crippen molar-refractivity contribution in [1.29, 1.82) is 0 Å². The Morgan fingerprint density at radius 1 is 1.44 bits per heavy atom. The van der Waals surface area contributed by atoms with Crippen LogP contribution in [0.1, 0.15) is 12.0 Å². The molecule has 1 unspecified atom stereocenters. The van der Waals surface area contributed by atoms with Crippen LogP contribution in [0.3, 0.4) is 0 Å². The second kappa shape index (κ2) is 6.62. The molecule has 0 aliphatic carbocycles. The van der Waals surface area contributed by atoms with E-state index in [2.05, 4.69) is 21.2 Å². The van der Waals surface area contributed by atoms with Gasteiger partial charge in [0.25, 0.3) is 0 Å². The van der Waals surface area contributed by atoms with Crippen molar-refractivity contribution in [2.24, 2.45) is 5.73 Å². The lowest BCUT2D eigenvalue weighted by Crippen LogP contribution is -2.35. The summed E-state index contributed by atoms with van der Waals surface area (Å²) in [5.74, 6) is -0.381. The number of carbonyl (C=O) groups excluding carboxylic acids is 1. The maximum atomic E-state index is 11.3. The SMILES string of the molecule is NCCC(O)C(=O)NCc1ccc(Br)cc1. The molecule has 1 amide bonds. The van der Waals surface area contributed by atoms with Crippen molar-refractivity contribution in [2.45, 2.75) is 19.1 Å². The molecule has 0 aromatic heterocycles. The molecular formula is C11H15BrN2O2. The molecule has 1 atom stereocenters. The van der Waals surface area contributed by atoms with Gasteiger partial charge in [-0.1, -0.05) is 28.1 Å². The van der Waals surface area contributed by atoms with Gasteiger partial charge in [0.15, 0.2) is 0 Å². The molecule has 1 rings (SSSR count). The third kappa shape index (κ3) is 4.30. The number of rotatable bonds is 5. The van der Waals surface area contributed by atoms with E-state index in [1.165, 1.54) is 0 Å². The largest absolute Gasteiger partial charge is 0.383 e. The highest BCUT2D eigenvalue weighted by molar-refractivity contribution is 9.10. The second-order valence-electron chi connectivity index (χ2n) is 3.44. The van der Waals surface area contributed by atoms with Gasteiger partial charge in [-0.3, -0.25) is 4.79 Å². The average molecular weight is 287 g/mol. The van der Waals surface area contributed by atoms with E-state index in [-0.39, 0.29) is 12.3 Å². The van der Waals surface area contributed by atoms with Crippen LogP contribution in [-0.2, 0) is 11.3 Å². The minimum atomic E-state index is -1.01. The van der Waals surface area contributed by atoms with Gasteiger partial charge in [-0.2, -0.15) is 0 Å². The number of aliphatic hydroxyl groups excluding tert-OH is 1. The van der Waals surface area contributed by atoms with Crippen LogP contribution in [0.2, 0.25) is 0 Å². The predicted octanol–water partition coefficient (Wildman–Crippen LogP) is 0.775. The van der Waals surface area contributed by atoms with Crippen LogP contribution < -0.4 is 11.1 Å². The lowest BCUT2D eigenvalue weighted by Gasteiger charge is -2.10. The highest BCUT2D eigenvalue weighted by atomic mass is 79.9. The quantitative estimate of drug-likeness (QED) is 0.749. The summed E-state index contributed by atoms with van der Waals surface area (Å²) >= 11 is 3.33. The minimum absolute atomic E-state index is 0.284. The van der Waals surface area contributed by atoms with Gasteiger partial charge in [0, 0.05) is 11.0 Å². The van der Waals surface area contributed by atoms with Gasteiger partial charge >= 0.3 is 0 Å². The highest BCUT2D eigenvalue weighted by Gasteiger charge is 2.12. The summed E-state index contributed by atoms with van der Waals surface area (Å²) in [6.07, 6.45) is -0.730. The molecule has 5 heteroatoms. The van der Waals surface area contributed by atoms with E-state index in [1.807, 2.05) is 24.3 Å². The van der Waals surface area contributed by atoms with Crippen molar-refractivity contribution in [3.05, 3.63) is 34.3 Å². The van der Waals surface area contributed by atoms with E-state index in [4.69, 9.17) is 5.73 Å². The molecule has 0 spiro atoms. The molecule has 88 valence electrons. The molecule has 16 heavy (non-hydrogen) atoms. The molecule has 4 N–H and O–H groups in total. The first kappa shape index (κ1) is 13.2. The Hall–Kier alpha value is -0.910. The number of halogens is 1. The number of nitrogens with one attached hydrogen (secondary N) is 1. The van der Waals surface area contributed by atoms with Gasteiger partial charge in [0.2, 0.25) is 5.91 Å². The third-order valence-electron chi connectivity index (χ3n) is 2.12. The fourth-order valence-electron chi connectivity index (χ4n) is 1.20. The van der Waals surface area contributed by atoms with Crippen molar-refractivity contribution in [3.63, 3.8) is 0 Å². The van der Waals surface area contributed by atoms with Crippen LogP contribution in [-0.4, -0.2) is 23.7 Å². The molecule has 0 saturated heterocycles. The number of nitrogens with two attached hydrogens (primary N) is 1. The molecule has 0 fully saturated rings. The Morgan fingerprint density at radius 2 is 2.06 bits per heavy atom. The van der Waals surface area contributed by atoms with Crippen molar-refractivity contribution in [3.8, 4) is 0 Å². The van der Waals surface area contributed by atoms with Crippen molar-refractivity contribution >= 4 is 21.8 Å². The number of aliphatic hydroxyl groups is 1.